The largest absolute Gasteiger partial charge is 0.473 e. The van der Waals surface area contributed by atoms with Gasteiger partial charge in [-0.15, -0.1) is 0 Å². The minimum Gasteiger partial charge on any atom is -0.473 e. The molecule has 6 nitrogen and oxygen atoms in total. The number of nitrogens with zero attached hydrogens (tertiary/aromatic N) is 2. The number of hydrogen-bond donors (Lipinski definition) is 1. The third kappa shape index (κ3) is 2.00. The van der Waals surface area contributed by atoms with Crippen molar-refractivity contribution in [2.24, 2.45) is 0 Å². The van der Waals surface area contributed by atoms with Crippen LogP contribution in [0.2, 0.25) is 0 Å². The predicted molar refractivity (Wildman–Crippen MR) is 75.0 cm³/mol. The van der Waals surface area contributed by atoms with Crippen molar-refractivity contribution in [1.29, 1.82) is 0 Å². The summed E-state index contributed by atoms with van der Waals surface area (Å²) in [4.78, 5) is 20.0. The maximum Gasteiger partial charge on any atom is 0.351 e. The van der Waals surface area contributed by atoms with Gasteiger partial charge in [-0.2, -0.15) is 0 Å². The molecular formula is C13H10BrN3O3. The number of carbonyl (C=O) groups is 1. The molecule has 1 aliphatic rings. The number of esters is 1. The number of nitrogens with two attached hydrogens (primary N) is 1. The van der Waals surface area contributed by atoms with E-state index in [1.165, 1.54) is 13.3 Å². The van der Waals surface area contributed by atoms with Crippen molar-refractivity contribution in [3.05, 3.63) is 34.4 Å². The van der Waals surface area contributed by atoms with E-state index in [4.69, 9.17) is 15.2 Å². The smallest absolute Gasteiger partial charge is 0.351 e. The molecule has 0 radical (unpaired) electrons. The molecule has 1 aromatic carbocycles. The molecule has 0 amide bonds. The van der Waals surface area contributed by atoms with Crippen molar-refractivity contribution < 1.29 is 14.3 Å². The summed E-state index contributed by atoms with van der Waals surface area (Å²) in [6, 6.07) is 5.44. The van der Waals surface area contributed by atoms with Crippen molar-refractivity contribution in [3.8, 4) is 17.0 Å². The lowest BCUT2D eigenvalue weighted by atomic mass is 9.99. The first-order chi connectivity index (χ1) is 9.60. The highest BCUT2D eigenvalue weighted by Crippen LogP contribution is 2.42. The number of methoxy groups -OCH3 is 1. The second kappa shape index (κ2) is 4.75. The summed E-state index contributed by atoms with van der Waals surface area (Å²) in [6.45, 7) is 0. The Morgan fingerprint density at radius 2 is 2.30 bits per heavy atom. The number of benzene rings is 1. The van der Waals surface area contributed by atoms with E-state index in [9.17, 15) is 4.79 Å². The molecule has 20 heavy (non-hydrogen) atoms. The van der Waals surface area contributed by atoms with Gasteiger partial charge in [0.2, 0.25) is 12.1 Å². The molecule has 2 aromatic rings. The molecule has 0 spiro atoms. The van der Waals surface area contributed by atoms with Crippen LogP contribution in [0, 0.1) is 0 Å². The molecule has 1 aliphatic heterocycles. The van der Waals surface area contributed by atoms with Gasteiger partial charge in [0, 0.05) is 21.8 Å². The van der Waals surface area contributed by atoms with Gasteiger partial charge in [-0.05, 0) is 18.2 Å². The van der Waals surface area contributed by atoms with Gasteiger partial charge in [-0.1, -0.05) is 15.9 Å². The predicted octanol–water partition coefficient (Wildman–Crippen LogP) is 2.09. The topological polar surface area (TPSA) is 87.3 Å². The first-order valence-electron chi connectivity index (χ1n) is 5.77. The van der Waals surface area contributed by atoms with Gasteiger partial charge in [0.15, 0.2) is 0 Å². The van der Waals surface area contributed by atoms with Crippen LogP contribution in [0.15, 0.2) is 28.9 Å². The zero-order chi connectivity index (χ0) is 14.3. The minimum atomic E-state index is -0.885. The zero-order valence-electron chi connectivity index (χ0n) is 10.5. The first-order valence-corrected chi connectivity index (χ1v) is 6.56. The SMILES string of the molecule is COC(=O)C1Oc2ccc(Br)cc2-c2nc(N)ncc21. The van der Waals surface area contributed by atoms with Gasteiger partial charge in [0.1, 0.15) is 5.75 Å². The molecule has 102 valence electrons. The van der Waals surface area contributed by atoms with E-state index in [1.807, 2.05) is 12.1 Å². The standard InChI is InChI=1S/C13H10BrN3O3/c1-19-12(18)11-8-5-16-13(15)17-10(8)7-4-6(14)2-3-9(7)20-11/h2-5,11H,1H3,(H2,15,16,17). The molecular weight excluding hydrogens is 326 g/mol. The summed E-state index contributed by atoms with van der Waals surface area (Å²) in [5.74, 6) is 0.183. The van der Waals surface area contributed by atoms with Crippen LogP contribution in [-0.2, 0) is 9.53 Å². The lowest BCUT2D eigenvalue weighted by Crippen LogP contribution is -2.25. The van der Waals surface area contributed by atoms with Gasteiger partial charge >= 0.3 is 5.97 Å². The van der Waals surface area contributed by atoms with Crippen LogP contribution in [-0.4, -0.2) is 23.0 Å². The average molecular weight is 336 g/mol. The molecule has 2 heterocycles. The van der Waals surface area contributed by atoms with E-state index < -0.39 is 12.1 Å². The van der Waals surface area contributed by atoms with Crippen LogP contribution < -0.4 is 10.5 Å². The molecule has 0 saturated heterocycles. The second-order valence-corrected chi connectivity index (χ2v) is 5.11. The molecule has 2 N–H and O–H groups in total. The number of aromatic nitrogens is 2. The van der Waals surface area contributed by atoms with E-state index in [1.54, 1.807) is 6.07 Å². The van der Waals surface area contributed by atoms with E-state index in [-0.39, 0.29) is 5.95 Å². The van der Waals surface area contributed by atoms with Crippen molar-refractivity contribution in [3.63, 3.8) is 0 Å². The molecule has 0 saturated carbocycles. The van der Waals surface area contributed by atoms with Gasteiger partial charge in [-0.25, -0.2) is 14.8 Å². The molecule has 7 heteroatoms. The Hall–Kier alpha value is -2.15. The van der Waals surface area contributed by atoms with Crippen LogP contribution >= 0.6 is 15.9 Å². The van der Waals surface area contributed by atoms with Crippen molar-refractivity contribution in [2.45, 2.75) is 6.10 Å². The fourth-order valence-electron chi connectivity index (χ4n) is 2.07. The van der Waals surface area contributed by atoms with Crippen LogP contribution in [0.4, 0.5) is 5.95 Å². The number of rotatable bonds is 1. The summed E-state index contributed by atoms with van der Waals surface area (Å²) in [5, 5.41) is 0. The minimum absolute atomic E-state index is 0.139. The van der Waals surface area contributed by atoms with E-state index in [0.29, 0.717) is 17.0 Å². The van der Waals surface area contributed by atoms with Crippen LogP contribution in [0.5, 0.6) is 5.75 Å². The van der Waals surface area contributed by atoms with Gasteiger partial charge in [0.05, 0.1) is 12.8 Å². The molecule has 1 atom stereocenters. The first kappa shape index (κ1) is 12.9. The third-order valence-electron chi connectivity index (χ3n) is 2.97. The number of fused-ring (bicyclic) bond motifs is 3. The summed E-state index contributed by atoms with van der Waals surface area (Å²) in [5.41, 5.74) is 7.51. The normalized spacial score (nSPS) is 15.8. The monoisotopic (exact) mass is 335 g/mol. The van der Waals surface area contributed by atoms with E-state index in [2.05, 4.69) is 25.9 Å². The molecule has 0 aliphatic carbocycles. The third-order valence-corrected chi connectivity index (χ3v) is 3.47. The molecule has 1 unspecified atom stereocenters. The summed E-state index contributed by atoms with van der Waals surface area (Å²) >= 11 is 3.40. The molecule has 0 bridgehead atoms. The van der Waals surface area contributed by atoms with E-state index in [0.717, 1.165) is 10.0 Å². The Kier molecular flexibility index (Phi) is 3.06. The number of halogens is 1. The number of nitrogen functional groups attached to an aromatic ring is 1. The van der Waals surface area contributed by atoms with Crippen molar-refractivity contribution in [2.75, 3.05) is 12.8 Å². The number of hydrogen-bond acceptors (Lipinski definition) is 6. The van der Waals surface area contributed by atoms with Crippen LogP contribution in [0.25, 0.3) is 11.3 Å². The molecule has 3 rings (SSSR count). The maximum atomic E-state index is 11.8. The van der Waals surface area contributed by atoms with Crippen molar-refractivity contribution >= 4 is 27.8 Å². The van der Waals surface area contributed by atoms with Gasteiger partial charge in [-0.3, -0.25) is 0 Å². The summed E-state index contributed by atoms with van der Waals surface area (Å²) in [7, 11) is 1.31. The zero-order valence-corrected chi connectivity index (χ0v) is 12.0. The highest BCUT2D eigenvalue weighted by Gasteiger charge is 2.33. The summed E-state index contributed by atoms with van der Waals surface area (Å²) in [6.07, 6.45) is 0.604. The van der Waals surface area contributed by atoms with Gasteiger partial charge in [0.25, 0.3) is 0 Å². The Bertz CT molecular complexity index is 705. The maximum absolute atomic E-state index is 11.8. The molecule has 0 fully saturated rings. The Morgan fingerprint density at radius 3 is 3.05 bits per heavy atom. The lowest BCUT2D eigenvalue weighted by Gasteiger charge is -2.26. The fourth-order valence-corrected chi connectivity index (χ4v) is 2.44. The summed E-state index contributed by atoms with van der Waals surface area (Å²) < 4.78 is 11.3. The Labute approximate surface area is 123 Å². The Balaban J connectivity index is 2.23. The second-order valence-electron chi connectivity index (χ2n) is 4.19. The van der Waals surface area contributed by atoms with Crippen LogP contribution in [0.1, 0.15) is 11.7 Å². The highest BCUT2D eigenvalue weighted by atomic mass is 79.9. The number of carbonyl (C=O) groups excluding carboxylic acids is 1. The van der Waals surface area contributed by atoms with E-state index >= 15 is 0 Å². The molecule has 1 aromatic heterocycles. The highest BCUT2D eigenvalue weighted by molar-refractivity contribution is 9.10. The number of ether oxygens (including phenoxy) is 2. The fraction of sp³-hybridized carbons (Fsp3) is 0.154. The lowest BCUT2D eigenvalue weighted by molar-refractivity contribution is -0.149. The van der Waals surface area contributed by atoms with Gasteiger partial charge < -0.3 is 15.2 Å². The quantitative estimate of drug-likeness (QED) is 0.803. The average Bonchev–Trinajstić information content (AvgIpc) is 2.45. The number of anilines is 1. The van der Waals surface area contributed by atoms with Crippen molar-refractivity contribution in [1.82, 2.24) is 9.97 Å². The van der Waals surface area contributed by atoms with Crippen LogP contribution in [0.3, 0.4) is 0 Å². The Morgan fingerprint density at radius 1 is 1.50 bits per heavy atom.